The van der Waals surface area contributed by atoms with Crippen LogP contribution in [0.25, 0.3) is 11.5 Å². The first-order valence-electron chi connectivity index (χ1n) is 3.68. The van der Waals surface area contributed by atoms with Crippen molar-refractivity contribution in [3.63, 3.8) is 0 Å². The van der Waals surface area contributed by atoms with E-state index in [0.29, 0.717) is 0 Å². The smallest absolute Gasteiger partial charge is 0.388 e. The minimum absolute atomic E-state index is 0.0208. The third-order valence-corrected chi connectivity index (χ3v) is 1.93. The Kier molecular flexibility index (Phi) is 2.09. The van der Waals surface area contributed by atoms with Gasteiger partial charge in [-0.3, -0.25) is 0 Å². The van der Waals surface area contributed by atoms with Gasteiger partial charge in [0.2, 0.25) is 0 Å². The fourth-order valence-electron chi connectivity index (χ4n) is 1.04. The van der Waals surface area contributed by atoms with E-state index in [2.05, 4.69) is 9.52 Å². The van der Waals surface area contributed by atoms with Crippen LogP contribution >= 0.6 is 11.6 Å². The molecule has 1 N–H and O–H groups in total. The van der Waals surface area contributed by atoms with Gasteiger partial charge in [-0.15, -0.1) is 5.10 Å². The predicted octanol–water partition coefficient (Wildman–Crippen LogP) is 1.82. The lowest BCUT2D eigenvalue weighted by Crippen LogP contribution is -1.93. The van der Waals surface area contributed by atoms with Gasteiger partial charge in [0.15, 0.2) is 0 Å². The quantitative estimate of drug-likeness (QED) is 0.788. The second kappa shape index (κ2) is 3.26. The highest BCUT2D eigenvalue weighted by atomic mass is 35.5. The first-order valence-corrected chi connectivity index (χ1v) is 4.06. The molecule has 2 aromatic rings. The Labute approximate surface area is 82.3 Å². The molecular weight excluding hydrogens is 211 g/mol. The van der Waals surface area contributed by atoms with Crippen LogP contribution in [0, 0.1) is 5.82 Å². The van der Waals surface area contributed by atoms with E-state index in [9.17, 15) is 9.18 Å². The molecule has 72 valence electrons. The highest BCUT2D eigenvalue weighted by Crippen LogP contribution is 2.27. The molecule has 0 radical (unpaired) electrons. The Balaban J connectivity index is 2.67. The molecule has 0 unspecified atom stereocenters. The zero-order valence-corrected chi connectivity index (χ0v) is 7.51. The zero-order chi connectivity index (χ0) is 10.1. The van der Waals surface area contributed by atoms with Crippen LogP contribution in [0.1, 0.15) is 0 Å². The van der Waals surface area contributed by atoms with Crippen molar-refractivity contribution in [2.45, 2.75) is 0 Å². The maximum absolute atomic E-state index is 13.2. The van der Waals surface area contributed by atoms with Crippen molar-refractivity contribution in [2.24, 2.45) is 0 Å². The van der Waals surface area contributed by atoms with E-state index in [4.69, 9.17) is 11.6 Å². The van der Waals surface area contributed by atoms with E-state index in [0.717, 1.165) is 0 Å². The highest BCUT2D eigenvalue weighted by molar-refractivity contribution is 6.33. The zero-order valence-electron chi connectivity index (χ0n) is 6.75. The van der Waals surface area contributed by atoms with E-state index in [1.54, 1.807) is 0 Å². The number of aromatic amines is 1. The minimum Gasteiger partial charge on any atom is -0.388 e. The monoisotopic (exact) mass is 214 g/mol. The van der Waals surface area contributed by atoms with Gasteiger partial charge in [0.05, 0.1) is 10.6 Å². The fraction of sp³-hybridized carbons (Fsp3) is 0. The standard InChI is InChI=1S/C8H4ClFN2O2/c9-4-2-1-3-5(10)6(4)7-11-12-8(13)14-7/h1-3H,(H,12,13). The van der Waals surface area contributed by atoms with Gasteiger partial charge < -0.3 is 4.42 Å². The average molecular weight is 215 g/mol. The molecule has 2 rings (SSSR count). The van der Waals surface area contributed by atoms with Crippen LogP contribution < -0.4 is 5.76 Å². The van der Waals surface area contributed by atoms with Gasteiger partial charge in [-0.2, -0.15) is 0 Å². The number of rotatable bonds is 1. The van der Waals surface area contributed by atoms with Crippen LogP contribution in [0.15, 0.2) is 27.4 Å². The number of hydrogen-bond donors (Lipinski definition) is 1. The van der Waals surface area contributed by atoms with Crippen molar-refractivity contribution in [3.05, 3.63) is 39.6 Å². The van der Waals surface area contributed by atoms with Crippen molar-refractivity contribution >= 4 is 11.6 Å². The highest BCUT2D eigenvalue weighted by Gasteiger charge is 2.14. The van der Waals surface area contributed by atoms with E-state index >= 15 is 0 Å². The molecule has 0 aliphatic heterocycles. The Hall–Kier alpha value is -1.62. The molecule has 0 fully saturated rings. The van der Waals surface area contributed by atoms with Crippen molar-refractivity contribution in [1.82, 2.24) is 10.2 Å². The first-order chi connectivity index (χ1) is 6.68. The molecule has 0 saturated carbocycles. The summed E-state index contributed by atoms with van der Waals surface area (Å²) >= 11 is 5.72. The van der Waals surface area contributed by atoms with Gasteiger partial charge in [-0.25, -0.2) is 14.3 Å². The summed E-state index contributed by atoms with van der Waals surface area (Å²) in [5.41, 5.74) is -0.0208. The number of nitrogens with one attached hydrogen (secondary N) is 1. The Morgan fingerprint density at radius 3 is 2.86 bits per heavy atom. The maximum atomic E-state index is 13.2. The Morgan fingerprint density at radius 2 is 2.29 bits per heavy atom. The number of benzene rings is 1. The molecule has 1 aromatic heterocycles. The molecule has 0 aliphatic carbocycles. The van der Waals surface area contributed by atoms with Gasteiger partial charge >= 0.3 is 5.76 Å². The molecule has 0 amide bonds. The molecule has 0 spiro atoms. The molecule has 4 nitrogen and oxygen atoms in total. The van der Waals surface area contributed by atoms with Gasteiger partial charge in [0.1, 0.15) is 5.82 Å². The summed E-state index contributed by atoms with van der Waals surface area (Å²) in [5.74, 6) is -1.50. The van der Waals surface area contributed by atoms with Crippen molar-refractivity contribution < 1.29 is 8.81 Å². The van der Waals surface area contributed by atoms with Crippen molar-refractivity contribution in [1.29, 1.82) is 0 Å². The summed E-state index contributed by atoms with van der Waals surface area (Å²) in [4.78, 5) is 10.6. The van der Waals surface area contributed by atoms with Gasteiger partial charge in [-0.05, 0) is 12.1 Å². The van der Waals surface area contributed by atoms with Gasteiger partial charge in [0.25, 0.3) is 5.89 Å². The number of hydrogen-bond acceptors (Lipinski definition) is 3. The van der Waals surface area contributed by atoms with E-state index in [1.165, 1.54) is 18.2 Å². The van der Waals surface area contributed by atoms with E-state index < -0.39 is 11.6 Å². The third kappa shape index (κ3) is 1.42. The van der Waals surface area contributed by atoms with Crippen LogP contribution in [0.2, 0.25) is 5.02 Å². The topological polar surface area (TPSA) is 58.9 Å². The third-order valence-electron chi connectivity index (χ3n) is 1.61. The number of H-pyrrole nitrogens is 1. The second-order valence-electron chi connectivity index (χ2n) is 2.51. The molecule has 6 heteroatoms. The minimum atomic E-state index is -0.751. The summed E-state index contributed by atoms with van der Waals surface area (Å²) in [6.07, 6.45) is 0. The number of halogens is 2. The average Bonchev–Trinajstić information content (AvgIpc) is 2.51. The van der Waals surface area contributed by atoms with Gasteiger partial charge in [0, 0.05) is 0 Å². The largest absolute Gasteiger partial charge is 0.434 e. The van der Waals surface area contributed by atoms with Gasteiger partial charge in [-0.1, -0.05) is 17.7 Å². The first kappa shape index (κ1) is 8.96. The van der Waals surface area contributed by atoms with E-state index in [1.807, 2.05) is 5.10 Å². The lowest BCUT2D eigenvalue weighted by Gasteiger charge is -1.98. The molecular formula is C8H4ClFN2O2. The van der Waals surface area contributed by atoms with E-state index in [-0.39, 0.29) is 16.5 Å². The lowest BCUT2D eigenvalue weighted by atomic mass is 10.2. The maximum Gasteiger partial charge on any atom is 0.434 e. The lowest BCUT2D eigenvalue weighted by molar-refractivity contribution is 0.521. The van der Waals surface area contributed by atoms with Crippen molar-refractivity contribution in [3.8, 4) is 11.5 Å². The summed E-state index contributed by atoms with van der Waals surface area (Å²) in [7, 11) is 0. The van der Waals surface area contributed by atoms with Crippen LogP contribution in [-0.2, 0) is 0 Å². The molecule has 1 heterocycles. The normalized spacial score (nSPS) is 10.4. The number of nitrogens with zero attached hydrogens (tertiary/aromatic N) is 1. The molecule has 0 bridgehead atoms. The summed E-state index contributed by atoms with van der Waals surface area (Å²) < 4.78 is 17.8. The van der Waals surface area contributed by atoms with Crippen molar-refractivity contribution in [2.75, 3.05) is 0 Å². The molecule has 1 aromatic carbocycles. The SMILES string of the molecule is O=c1[nH]nc(-c2c(F)cccc2Cl)o1. The summed E-state index contributed by atoms with van der Waals surface area (Å²) in [6.45, 7) is 0. The summed E-state index contributed by atoms with van der Waals surface area (Å²) in [5, 5.41) is 5.64. The summed E-state index contributed by atoms with van der Waals surface area (Å²) in [6, 6.07) is 4.14. The van der Waals surface area contributed by atoms with Crippen LogP contribution in [-0.4, -0.2) is 10.2 Å². The predicted molar refractivity (Wildman–Crippen MR) is 47.5 cm³/mol. The molecule has 0 saturated heterocycles. The van der Waals surface area contributed by atoms with Crippen LogP contribution in [0.3, 0.4) is 0 Å². The fourth-order valence-corrected chi connectivity index (χ4v) is 1.28. The number of aromatic nitrogens is 2. The van der Waals surface area contributed by atoms with Crippen LogP contribution in [0.5, 0.6) is 0 Å². The Bertz CT molecular complexity index is 500. The van der Waals surface area contributed by atoms with Crippen LogP contribution in [0.4, 0.5) is 4.39 Å². The second-order valence-corrected chi connectivity index (χ2v) is 2.92. The molecule has 0 atom stereocenters. The molecule has 0 aliphatic rings. The Morgan fingerprint density at radius 1 is 1.50 bits per heavy atom. The molecule has 14 heavy (non-hydrogen) atoms.